The third-order valence-electron chi connectivity index (χ3n) is 3.44. The predicted octanol–water partition coefficient (Wildman–Crippen LogP) is 4.69. The molecule has 0 aliphatic carbocycles. The minimum absolute atomic E-state index is 0.125. The van der Waals surface area contributed by atoms with Crippen LogP contribution in [0.4, 0.5) is 4.39 Å². The summed E-state index contributed by atoms with van der Waals surface area (Å²) in [6.45, 7) is 6.65. The molecule has 0 saturated heterocycles. The van der Waals surface area contributed by atoms with Crippen molar-refractivity contribution < 1.29 is 4.39 Å². The van der Waals surface area contributed by atoms with Crippen molar-refractivity contribution in [2.75, 3.05) is 7.05 Å². The van der Waals surface area contributed by atoms with E-state index >= 15 is 0 Å². The fourth-order valence-electron chi connectivity index (χ4n) is 2.17. The number of likely N-dealkylation sites (N-methyl/N-ethyl adjacent to an activating group) is 1. The van der Waals surface area contributed by atoms with Crippen molar-refractivity contribution in [2.45, 2.75) is 38.6 Å². The van der Waals surface area contributed by atoms with Crippen LogP contribution >= 0.6 is 11.3 Å². The molecule has 0 radical (unpaired) electrons. The largest absolute Gasteiger partial charge is 0.312 e. The zero-order valence-corrected chi connectivity index (χ0v) is 13.4. The van der Waals surface area contributed by atoms with Crippen molar-refractivity contribution in [3.63, 3.8) is 0 Å². The van der Waals surface area contributed by atoms with Crippen LogP contribution in [0.3, 0.4) is 0 Å². The summed E-state index contributed by atoms with van der Waals surface area (Å²) in [6.07, 6.45) is 0.674. The SMILES string of the molecule is CNC(Cc1ccccc1F)c1ccc(C(C)(C)C)s1. The van der Waals surface area contributed by atoms with E-state index in [4.69, 9.17) is 0 Å². The average Bonchev–Trinajstić information content (AvgIpc) is 2.87. The highest BCUT2D eigenvalue weighted by atomic mass is 32.1. The van der Waals surface area contributed by atoms with Gasteiger partial charge in [-0.15, -0.1) is 11.3 Å². The number of halogens is 1. The molecule has 1 N–H and O–H groups in total. The van der Waals surface area contributed by atoms with Gasteiger partial charge in [0.25, 0.3) is 0 Å². The van der Waals surface area contributed by atoms with Gasteiger partial charge >= 0.3 is 0 Å². The highest BCUT2D eigenvalue weighted by Crippen LogP contribution is 2.33. The summed E-state index contributed by atoms with van der Waals surface area (Å²) in [5.74, 6) is -0.125. The molecule has 2 aromatic rings. The molecule has 1 aromatic heterocycles. The van der Waals surface area contributed by atoms with E-state index in [2.05, 4.69) is 38.2 Å². The Balaban J connectivity index is 2.21. The number of hydrogen-bond donors (Lipinski definition) is 1. The second-order valence-electron chi connectivity index (χ2n) is 6.09. The molecule has 20 heavy (non-hydrogen) atoms. The molecule has 2 rings (SSSR count). The highest BCUT2D eigenvalue weighted by molar-refractivity contribution is 7.12. The first-order valence-corrected chi connectivity index (χ1v) is 7.74. The van der Waals surface area contributed by atoms with Gasteiger partial charge in [0.05, 0.1) is 0 Å². The summed E-state index contributed by atoms with van der Waals surface area (Å²) in [5.41, 5.74) is 0.928. The molecule has 0 spiro atoms. The molecule has 0 saturated carbocycles. The van der Waals surface area contributed by atoms with E-state index in [9.17, 15) is 4.39 Å². The van der Waals surface area contributed by atoms with E-state index in [0.29, 0.717) is 6.42 Å². The quantitative estimate of drug-likeness (QED) is 0.862. The zero-order chi connectivity index (χ0) is 14.8. The maximum absolute atomic E-state index is 13.8. The maximum atomic E-state index is 13.8. The van der Waals surface area contributed by atoms with E-state index in [-0.39, 0.29) is 17.3 Å². The standard InChI is InChI=1S/C17H22FNS/c1-17(2,3)16-10-9-15(20-16)14(19-4)11-12-7-5-6-8-13(12)18/h5-10,14,19H,11H2,1-4H3. The number of benzene rings is 1. The van der Waals surface area contributed by atoms with Gasteiger partial charge in [-0.05, 0) is 42.6 Å². The van der Waals surface area contributed by atoms with Crippen LogP contribution in [0.15, 0.2) is 36.4 Å². The fourth-order valence-corrected chi connectivity index (χ4v) is 3.35. The minimum atomic E-state index is -0.125. The monoisotopic (exact) mass is 291 g/mol. The van der Waals surface area contributed by atoms with Crippen LogP contribution in [0.1, 0.15) is 42.1 Å². The smallest absolute Gasteiger partial charge is 0.126 e. The normalized spacial score (nSPS) is 13.4. The summed E-state index contributed by atoms with van der Waals surface area (Å²) in [7, 11) is 1.93. The van der Waals surface area contributed by atoms with Crippen LogP contribution in [0.2, 0.25) is 0 Å². The Morgan fingerprint density at radius 3 is 2.40 bits per heavy atom. The van der Waals surface area contributed by atoms with E-state index in [0.717, 1.165) is 5.56 Å². The van der Waals surface area contributed by atoms with E-state index in [1.54, 1.807) is 6.07 Å². The second kappa shape index (κ2) is 6.06. The van der Waals surface area contributed by atoms with Crippen LogP contribution in [-0.2, 0) is 11.8 Å². The highest BCUT2D eigenvalue weighted by Gasteiger charge is 2.20. The van der Waals surface area contributed by atoms with Crippen LogP contribution in [0, 0.1) is 5.82 Å². The molecule has 1 unspecified atom stereocenters. The summed E-state index contributed by atoms with van der Waals surface area (Å²) < 4.78 is 13.8. The average molecular weight is 291 g/mol. The topological polar surface area (TPSA) is 12.0 Å². The Bertz CT molecular complexity index is 568. The lowest BCUT2D eigenvalue weighted by atomic mass is 9.95. The lowest BCUT2D eigenvalue weighted by molar-refractivity contribution is 0.560. The summed E-state index contributed by atoms with van der Waals surface area (Å²) in [6, 6.07) is 11.5. The van der Waals surface area contributed by atoms with Gasteiger partial charge in [-0.25, -0.2) is 4.39 Å². The zero-order valence-electron chi connectivity index (χ0n) is 12.5. The van der Waals surface area contributed by atoms with Gasteiger partial charge in [0.2, 0.25) is 0 Å². The van der Waals surface area contributed by atoms with Crippen molar-refractivity contribution in [3.05, 3.63) is 57.5 Å². The maximum Gasteiger partial charge on any atom is 0.126 e. The third kappa shape index (κ3) is 3.47. The van der Waals surface area contributed by atoms with Gasteiger partial charge in [0.15, 0.2) is 0 Å². The Morgan fingerprint density at radius 2 is 1.85 bits per heavy atom. The number of nitrogens with one attached hydrogen (secondary N) is 1. The summed E-state index contributed by atoms with van der Waals surface area (Å²) in [5, 5.41) is 3.30. The Kier molecular flexibility index (Phi) is 4.61. The number of hydrogen-bond acceptors (Lipinski definition) is 2. The Morgan fingerprint density at radius 1 is 1.15 bits per heavy atom. The first kappa shape index (κ1) is 15.2. The van der Waals surface area contributed by atoms with Crippen molar-refractivity contribution in [3.8, 4) is 0 Å². The molecule has 0 amide bonds. The Labute approximate surface area is 124 Å². The summed E-state index contributed by atoms with van der Waals surface area (Å²) >= 11 is 1.81. The number of thiophene rings is 1. The van der Waals surface area contributed by atoms with Crippen LogP contribution in [-0.4, -0.2) is 7.05 Å². The van der Waals surface area contributed by atoms with Gasteiger partial charge in [-0.3, -0.25) is 0 Å². The molecule has 1 nitrogen and oxygen atoms in total. The first-order chi connectivity index (χ1) is 9.41. The van der Waals surface area contributed by atoms with E-state index in [1.807, 2.05) is 30.5 Å². The van der Waals surface area contributed by atoms with Gasteiger partial charge in [-0.2, -0.15) is 0 Å². The molecule has 1 heterocycles. The van der Waals surface area contributed by atoms with Crippen LogP contribution in [0.5, 0.6) is 0 Å². The molecule has 1 atom stereocenters. The Hall–Kier alpha value is -1.19. The minimum Gasteiger partial charge on any atom is -0.312 e. The molecule has 108 valence electrons. The number of rotatable bonds is 4. The third-order valence-corrected chi connectivity index (χ3v) is 5.06. The molecule has 0 bridgehead atoms. The van der Waals surface area contributed by atoms with Crippen molar-refractivity contribution in [2.24, 2.45) is 0 Å². The fraction of sp³-hybridized carbons (Fsp3) is 0.412. The van der Waals surface area contributed by atoms with E-state index in [1.165, 1.54) is 15.8 Å². The molecular weight excluding hydrogens is 269 g/mol. The van der Waals surface area contributed by atoms with Gasteiger partial charge in [0.1, 0.15) is 5.82 Å². The lowest BCUT2D eigenvalue weighted by Gasteiger charge is -2.17. The molecule has 0 fully saturated rings. The van der Waals surface area contributed by atoms with Crippen LogP contribution < -0.4 is 5.32 Å². The molecular formula is C17H22FNS. The molecule has 0 aliphatic heterocycles. The molecule has 1 aromatic carbocycles. The predicted molar refractivity (Wildman–Crippen MR) is 84.9 cm³/mol. The van der Waals surface area contributed by atoms with Gasteiger partial charge in [0, 0.05) is 15.8 Å². The van der Waals surface area contributed by atoms with Gasteiger partial charge < -0.3 is 5.32 Å². The second-order valence-corrected chi connectivity index (χ2v) is 7.20. The van der Waals surface area contributed by atoms with Crippen molar-refractivity contribution in [1.29, 1.82) is 0 Å². The molecule has 3 heteroatoms. The van der Waals surface area contributed by atoms with Crippen LogP contribution in [0.25, 0.3) is 0 Å². The van der Waals surface area contributed by atoms with Gasteiger partial charge in [-0.1, -0.05) is 39.0 Å². The first-order valence-electron chi connectivity index (χ1n) is 6.92. The molecule has 0 aliphatic rings. The van der Waals surface area contributed by atoms with E-state index < -0.39 is 0 Å². The van der Waals surface area contributed by atoms with Crippen molar-refractivity contribution in [1.82, 2.24) is 5.32 Å². The van der Waals surface area contributed by atoms with Crippen molar-refractivity contribution >= 4 is 11.3 Å². The summed E-state index contributed by atoms with van der Waals surface area (Å²) in [4.78, 5) is 2.63. The lowest BCUT2D eigenvalue weighted by Crippen LogP contribution is -2.18.